The van der Waals surface area contributed by atoms with Crippen LogP contribution in [0.4, 0.5) is 0 Å². The minimum absolute atomic E-state index is 0.293. The highest BCUT2D eigenvalue weighted by Gasteiger charge is 2.14. The Balaban J connectivity index is 2.62. The van der Waals surface area contributed by atoms with E-state index in [1.165, 1.54) is 10.0 Å². The van der Waals surface area contributed by atoms with Crippen molar-refractivity contribution in [2.45, 2.75) is 45.3 Å². The van der Waals surface area contributed by atoms with Gasteiger partial charge in [0.05, 0.1) is 6.10 Å². The van der Waals surface area contributed by atoms with E-state index in [1.54, 1.807) is 7.11 Å². The molecule has 1 rings (SSSR count). The van der Waals surface area contributed by atoms with Gasteiger partial charge in [-0.1, -0.05) is 41.1 Å². The van der Waals surface area contributed by atoms with E-state index in [2.05, 4.69) is 59.4 Å². The second-order valence-corrected chi connectivity index (χ2v) is 5.58. The zero-order valence-corrected chi connectivity index (χ0v) is 13.2. The van der Waals surface area contributed by atoms with Crippen LogP contribution >= 0.6 is 15.9 Å². The molecule has 0 bridgehead atoms. The molecule has 2 atom stereocenters. The van der Waals surface area contributed by atoms with Crippen molar-refractivity contribution in [1.82, 2.24) is 5.32 Å². The zero-order chi connectivity index (χ0) is 13.4. The van der Waals surface area contributed by atoms with Crippen LogP contribution in [-0.2, 0) is 11.2 Å². The third-order valence-corrected chi connectivity index (χ3v) is 3.90. The maximum Gasteiger partial charge on any atom is 0.0558 e. The lowest BCUT2D eigenvalue weighted by Gasteiger charge is -2.22. The van der Waals surface area contributed by atoms with Gasteiger partial charge in [-0.2, -0.15) is 0 Å². The van der Waals surface area contributed by atoms with E-state index in [0.29, 0.717) is 12.1 Å². The van der Waals surface area contributed by atoms with Crippen LogP contribution in [-0.4, -0.2) is 25.8 Å². The number of rotatable bonds is 8. The van der Waals surface area contributed by atoms with E-state index in [0.717, 1.165) is 25.8 Å². The van der Waals surface area contributed by atoms with Crippen LogP contribution in [0, 0.1) is 0 Å². The Hall–Kier alpha value is -0.380. The lowest BCUT2D eigenvalue weighted by atomic mass is 10.0. The van der Waals surface area contributed by atoms with Crippen molar-refractivity contribution >= 4 is 15.9 Å². The molecule has 0 radical (unpaired) electrons. The average Bonchev–Trinajstić information content (AvgIpc) is 2.38. The number of benzene rings is 1. The maximum absolute atomic E-state index is 5.38. The first-order valence-electron chi connectivity index (χ1n) is 6.67. The summed E-state index contributed by atoms with van der Waals surface area (Å²) in [6, 6.07) is 8.91. The van der Waals surface area contributed by atoms with E-state index in [-0.39, 0.29) is 0 Å². The van der Waals surface area contributed by atoms with E-state index in [9.17, 15) is 0 Å². The molecule has 0 fully saturated rings. The van der Waals surface area contributed by atoms with Gasteiger partial charge in [0.25, 0.3) is 0 Å². The van der Waals surface area contributed by atoms with Gasteiger partial charge >= 0.3 is 0 Å². The van der Waals surface area contributed by atoms with Crippen molar-refractivity contribution < 1.29 is 4.74 Å². The quantitative estimate of drug-likeness (QED) is 0.788. The molecule has 0 amide bonds. The van der Waals surface area contributed by atoms with Gasteiger partial charge in [-0.3, -0.25) is 0 Å². The fourth-order valence-electron chi connectivity index (χ4n) is 2.01. The Labute approximate surface area is 119 Å². The number of halogens is 1. The van der Waals surface area contributed by atoms with Crippen molar-refractivity contribution in [3.8, 4) is 0 Å². The Bertz CT molecular complexity index is 343. The number of hydrogen-bond donors (Lipinski definition) is 1. The minimum atomic E-state index is 0.293. The van der Waals surface area contributed by atoms with E-state index in [1.807, 2.05) is 0 Å². The second kappa shape index (κ2) is 8.68. The fraction of sp³-hybridized carbons (Fsp3) is 0.600. The largest absolute Gasteiger partial charge is 0.382 e. The van der Waals surface area contributed by atoms with E-state index < -0.39 is 0 Å². The maximum atomic E-state index is 5.38. The Kier molecular flexibility index (Phi) is 7.56. The van der Waals surface area contributed by atoms with Gasteiger partial charge in [-0.25, -0.2) is 0 Å². The minimum Gasteiger partial charge on any atom is -0.382 e. The van der Waals surface area contributed by atoms with Gasteiger partial charge in [-0.05, 0) is 44.4 Å². The Morgan fingerprint density at radius 2 is 2.06 bits per heavy atom. The highest BCUT2D eigenvalue weighted by atomic mass is 79.9. The molecule has 3 heteroatoms. The summed E-state index contributed by atoms with van der Waals surface area (Å²) in [4.78, 5) is 0. The summed E-state index contributed by atoms with van der Waals surface area (Å²) in [5.41, 5.74) is 1.36. The third-order valence-electron chi connectivity index (χ3n) is 3.13. The first kappa shape index (κ1) is 15.7. The summed E-state index contributed by atoms with van der Waals surface area (Å²) in [7, 11) is 1.78. The monoisotopic (exact) mass is 313 g/mol. The lowest BCUT2D eigenvalue weighted by molar-refractivity contribution is 0.100. The molecule has 0 saturated heterocycles. The highest BCUT2D eigenvalue weighted by molar-refractivity contribution is 9.10. The molecule has 102 valence electrons. The van der Waals surface area contributed by atoms with Crippen LogP contribution in [0.3, 0.4) is 0 Å². The van der Waals surface area contributed by atoms with Crippen LogP contribution in [0.2, 0.25) is 0 Å². The number of nitrogens with one attached hydrogen (secondary N) is 1. The number of methoxy groups -OCH3 is 1. The van der Waals surface area contributed by atoms with Crippen molar-refractivity contribution in [3.63, 3.8) is 0 Å². The summed E-state index contributed by atoms with van der Waals surface area (Å²) in [5, 5.41) is 3.61. The second-order valence-electron chi connectivity index (χ2n) is 4.73. The van der Waals surface area contributed by atoms with Crippen molar-refractivity contribution in [2.24, 2.45) is 0 Å². The molecule has 0 heterocycles. The fourth-order valence-corrected chi connectivity index (χ4v) is 2.46. The predicted octanol–water partition coefficient (Wildman–Crippen LogP) is 3.78. The summed E-state index contributed by atoms with van der Waals surface area (Å²) in [6.07, 6.45) is 3.53. The number of ether oxygens (including phenoxy) is 1. The molecule has 0 aliphatic carbocycles. The van der Waals surface area contributed by atoms with Crippen LogP contribution < -0.4 is 5.32 Å². The molecular weight excluding hydrogens is 290 g/mol. The van der Waals surface area contributed by atoms with Gasteiger partial charge in [0.1, 0.15) is 0 Å². The first-order valence-corrected chi connectivity index (χ1v) is 7.46. The molecule has 2 nitrogen and oxygen atoms in total. The Morgan fingerprint density at radius 1 is 1.33 bits per heavy atom. The normalized spacial score (nSPS) is 14.4. The predicted molar refractivity (Wildman–Crippen MR) is 81.0 cm³/mol. The molecule has 0 aromatic heterocycles. The van der Waals surface area contributed by atoms with Crippen LogP contribution in [0.15, 0.2) is 28.7 Å². The summed E-state index contributed by atoms with van der Waals surface area (Å²) < 4.78 is 6.57. The van der Waals surface area contributed by atoms with Crippen molar-refractivity contribution in [1.29, 1.82) is 0 Å². The van der Waals surface area contributed by atoms with Gasteiger partial charge < -0.3 is 10.1 Å². The van der Waals surface area contributed by atoms with Gasteiger partial charge in [0, 0.05) is 17.6 Å². The smallest absolute Gasteiger partial charge is 0.0558 e. The Morgan fingerprint density at radius 3 is 2.67 bits per heavy atom. The molecule has 0 aliphatic rings. The molecule has 0 aliphatic heterocycles. The van der Waals surface area contributed by atoms with E-state index in [4.69, 9.17) is 4.74 Å². The standard InChI is InChI=1S/C15H24BrNO/c1-4-9-17-14(10-12(2)18-3)11-13-7-5-6-8-15(13)16/h5-8,12,14,17H,4,9-11H2,1-3H3. The third kappa shape index (κ3) is 5.51. The van der Waals surface area contributed by atoms with Gasteiger partial charge in [0.2, 0.25) is 0 Å². The van der Waals surface area contributed by atoms with Crippen LogP contribution in [0.25, 0.3) is 0 Å². The molecule has 2 unspecified atom stereocenters. The lowest BCUT2D eigenvalue weighted by Crippen LogP contribution is -2.35. The molecule has 18 heavy (non-hydrogen) atoms. The first-order chi connectivity index (χ1) is 8.67. The van der Waals surface area contributed by atoms with Crippen molar-refractivity contribution in [2.75, 3.05) is 13.7 Å². The zero-order valence-electron chi connectivity index (χ0n) is 11.6. The molecule has 0 spiro atoms. The van der Waals surface area contributed by atoms with Gasteiger partial charge in [0.15, 0.2) is 0 Å². The molecule has 0 saturated carbocycles. The molecular formula is C15H24BrNO. The van der Waals surface area contributed by atoms with Crippen LogP contribution in [0.5, 0.6) is 0 Å². The SMILES string of the molecule is CCCNC(Cc1ccccc1Br)CC(C)OC. The highest BCUT2D eigenvalue weighted by Crippen LogP contribution is 2.19. The van der Waals surface area contributed by atoms with E-state index >= 15 is 0 Å². The summed E-state index contributed by atoms with van der Waals surface area (Å²) >= 11 is 3.62. The molecule has 1 aromatic rings. The number of hydrogen-bond acceptors (Lipinski definition) is 2. The summed E-state index contributed by atoms with van der Waals surface area (Å²) in [5.74, 6) is 0. The molecule has 1 N–H and O–H groups in total. The average molecular weight is 314 g/mol. The van der Waals surface area contributed by atoms with Crippen molar-refractivity contribution in [3.05, 3.63) is 34.3 Å². The molecule has 1 aromatic carbocycles. The topological polar surface area (TPSA) is 21.3 Å². The van der Waals surface area contributed by atoms with Gasteiger partial charge in [-0.15, -0.1) is 0 Å². The summed E-state index contributed by atoms with van der Waals surface area (Å²) in [6.45, 7) is 5.38. The van der Waals surface area contributed by atoms with Crippen LogP contribution in [0.1, 0.15) is 32.3 Å².